The summed E-state index contributed by atoms with van der Waals surface area (Å²) in [5, 5.41) is 0. The lowest BCUT2D eigenvalue weighted by Crippen LogP contribution is -2.26. The second-order valence-electron chi connectivity index (χ2n) is 3.08. The third-order valence-electron chi connectivity index (χ3n) is 2.10. The van der Waals surface area contributed by atoms with E-state index in [4.69, 9.17) is 0 Å². The Kier molecular flexibility index (Phi) is 2.54. The molecule has 1 aliphatic rings. The highest BCUT2D eigenvalue weighted by molar-refractivity contribution is 7.81. The van der Waals surface area contributed by atoms with Gasteiger partial charge >= 0.3 is 10.4 Å². The number of rotatable bonds is 1. The second-order valence-corrected chi connectivity index (χ2v) is 4.37. The standard InChI is InChI=1S/C9H10O4S/c10-14(11)12-6-9(7-13-14)8-4-2-1-3-5-8/h1-5,9H,6-7H2. The fourth-order valence-corrected chi connectivity index (χ4v) is 2.06. The Labute approximate surface area is 82.8 Å². The van der Waals surface area contributed by atoms with Gasteiger partial charge in [-0.2, -0.15) is 8.42 Å². The lowest BCUT2D eigenvalue weighted by atomic mass is 10.0. The van der Waals surface area contributed by atoms with Crippen LogP contribution in [0.15, 0.2) is 30.3 Å². The highest BCUT2D eigenvalue weighted by Crippen LogP contribution is 2.22. The quantitative estimate of drug-likeness (QED) is 0.701. The summed E-state index contributed by atoms with van der Waals surface area (Å²) in [6.45, 7) is 0.318. The molecule has 0 saturated carbocycles. The molecule has 0 bridgehead atoms. The molecule has 1 aromatic carbocycles. The van der Waals surface area contributed by atoms with Crippen LogP contribution in [0.25, 0.3) is 0 Å². The molecule has 0 radical (unpaired) electrons. The van der Waals surface area contributed by atoms with Crippen molar-refractivity contribution in [1.29, 1.82) is 0 Å². The zero-order chi connectivity index (χ0) is 10.0. The van der Waals surface area contributed by atoms with E-state index in [-0.39, 0.29) is 19.1 Å². The SMILES string of the molecule is O=S1(=O)OCC(c2ccccc2)CO1. The van der Waals surface area contributed by atoms with Crippen molar-refractivity contribution in [3.8, 4) is 0 Å². The van der Waals surface area contributed by atoms with Crippen LogP contribution in [0.2, 0.25) is 0 Å². The van der Waals surface area contributed by atoms with Crippen LogP contribution >= 0.6 is 0 Å². The van der Waals surface area contributed by atoms with Gasteiger partial charge in [0.2, 0.25) is 0 Å². The molecule has 1 aliphatic heterocycles. The van der Waals surface area contributed by atoms with Gasteiger partial charge in [-0.1, -0.05) is 30.3 Å². The summed E-state index contributed by atoms with van der Waals surface area (Å²) < 4.78 is 30.7. The van der Waals surface area contributed by atoms with Gasteiger partial charge in [0.05, 0.1) is 13.2 Å². The zero-order valence-corrected chi connectivity index (χ0v) is 8.24. The molecular weight excluding hydrogens is 204 g/mol. The van der Waals surface area contributed by atoms with Crippen molar-refractivity contribution in [2.75, 3.05) is 13.2 Å². The minimum Gasteiger partial charge on any atom is -0.247 e. The van der Waals surface area contributed by atoms with Crippen molar-refractivity contribution in [2.45, 2.75) is 5.92 Å². The monoisotopic (exact) mass is 214 g/mol. The first-order valence-corrected chi connectivity index (χ1v) is 5.59. The molecule has 1 heterocycles. The summed E-state index contributed by atoms with van der Waals surface area (Å²) in [7, 11) is -3.72. The van der Waals surface area contributed by atoms with E-state index in [2.05, 4.69) is 8.37 Å². The molecule has 1 aromatic rings. The van der Waals surface area contributed by atoms with Crippen molar-refractivity contribution in [3.05, 3.63) is 35.9 Å². The second kappa shape index (κ2) is 3.68. The van der Waals surface area contributed by atoms with E-state index in [1.54, 1.807) is 0 Å². The normalized spacial score (nSPS) is 22.0. The molecular formula is C9H10O4S. The van der Waals surface area contributed by atoms with E-state index < -0.39 is 10.4 Å². The minimum atomic E-state index is -3.72. The average molecular weight is 214 g/mol. The van der Waals surface area contributed by atoms with Crippen LogP contribution in [0.5, 0.6) is 0 Å². The summed E-state index contributed by atoms with van der Waals surface area (Å²) in [4.78, 5) is 0. The topological polar surface area (TPSA) is 52.6 Å². The van der Waals surface area contributed by atoms with E-state index in [0.29, 0.717) is 0 Å². The van der Waals surface area contributed by atoms with Crippen molar-refractivity contribution >= 4 is 10.4 Å². The van der Waals surface area contributed by atoms with Crippen LogP contribution < -0.4 is 0 Å². The van der Waals surface area contributed by atoms with Crippen LogP contribution in [0, 0.1) is 0 Å². The summed E-state index contributed by atoms with van der Waals surface area (Å²) in [5.41, 5.74) is 1.03. The van der Waals surface area contributed by atoms with Crippen molar-refractivity contribution in [2.24, 2.45) is 0 Å². The predicted octanol–water partition coefficient (Wildman–Crippen LogP) is 1.06. The van der Waals surface area contributed by atoms with Crippen molar-refractivity contribution < 1.29 is 16.8 Å². The minimum absolute atomic E-state index is 0.000255. The number of hydrogen-bond donors (Lipinski definition) is 0. The number of benzene rings is 1. The lowest BCUT2D eigenvalue weighted by molar-refractivity contribution is 0.135. The van der Waals surface area contributed by atoms with Gasteiger partial charge in [-0.25, -0.2) is 8.37 Å². The van der Waals surface area contributed by atoms with E-state index in [0.717, 1.165) is 5.56 Å². The Morgan fingerprint density at radius 1 is 1.07 bits per heavy atom. The number of hydrogen-bond acceptors (Lipinski definition) is 4. The Bertz CT molecular complexity index is 384. The predicted molar refractivity (Wildman–Crippen MR) is 50.0 cm³/mol. The lowest BCUT2D eigenvalue weighted by Gasteiger charge is -2.21. The van der Waals surface area contributed by atoms with Crippen molar-refractivity contribution in [3.63, 3.8) is 0 Å². The largest absolute Gasteiger partial charge is 0.399 e. The van der Waals surface area contributed by atoms with E-state index >= 15 is 0 Å². The Balaban J connectivity index is 2.10. The highest BCUT2D eigenvalue weighted by atomic mass is 32.3. The highest BCUT2D eigenvalue weighted by Gasteiger charge is 2.25. The van der Waals surface area contributed by atoms with Gasteiger partial charge < -0.3 is 0 Å². The van der Waals surface area contributed by atoms with Gasteiger partial charge in [-0.05, 0) is 5.56 Å². The van der Waals surface area contributed by atoms with E-state index in [1.807, 2.05) is 30.3 Å². The molecule has 0 aromatic heterocycles. The van der Waals surface area contributed by atoms with Gasteiger partial charge in [-0.15, -0.1) is 0 Å². The molecule has 76 valence electrons. The van der Waals surface area contributed by atoms with Gasteiger partial charge in [0.25, 0.3) is 0 Å². The van der Waals surface area contributed by atoms with Crippen molar-refractivity contribution in [1.82, 2.24) is 0 Å². The van der Waals surface area contributed by atoms with E-state index in [9.17, 15) is 8.42 Å². The summed E-state index contributed by atoms with van der Waals surface area (Å²) in [6, 6.07) is 9.56. The molecule has 4 nitrogen and oxygen atoms in total. The first kappa shape index (κ1) is 9.64. The Hall–Kier alpha value is -0.910. The van der Waals surface area contributed by atoms with Gasteiger partial charge in [0.15, 0.2) is 0 Å². The van der Waals surface area contributed by atoms with Crippen LogP contribution in [0.1, 0.15) is 11.5 Å². The van der Waals surface area contributed by atoms with Gasteiger partial charge in [-0.3, -0.25) is 0 Å². The van der Waals surface area contributed by atoms with Crippen LogP contribution in [-0.4, -0.2) is 21.6 Å². The van der Waals surface area contributed by atoms with Gasteiger partial charge in [0.1, 0.15) is 0 Å². The molecule has 0 amide bonds. The maximum Gasteiger partial charge on any atom is 0.399 e. The maximum absolute atomic E-state index is 10.8. The maximum atomic E-state index is 10.8. The molecule has 0 unspecified atom stereocenters. The fourth-order valence-electron chi connectivity index (χ4n) is 1.33. The summed E-state index contributed by atoms with van der Waals surface area (Å²) in [5.74, 6) is -0.000255. The Morgan fingerprint density at radius 2 is 1.64 bits per heavy atom. The third-order valence-corrected chi connectivity index (χ3v) is 2.95. The molecule has 14 heavy (non-hydrogen) atoms. The molecule has 5 heteroatoms. The fraction of sp³-hybridized carbons (Fsp3) is 0.333. The zero-order valence-electron chi connectivity index (χ0n) is 7.42. The average Bonchev–Trinajstić information content (AvgIpc) is 2.19. The molecule has 0 N–H and O–H groups in total. The Morgan fingerprint density at radius 3 is 2.21 bits per heavy atom. The molecule has 0 atom stereocenters. The first-order chi connectivity index (χ1) is 6.67. The first-order valence-electron chi connectivity index (χ1n) is 4.26. The van der Waals surface area contributed by atoms with E-state index in [1.165, 1.54) is 0 Å². The summed E-state index contributed by atoms with van der Waals surface area (Å²) in [6.07, 6.45) is 0. The van der Waals surface area contributed by atoms with Gasteiger partial charge in [0, 0.05) is 5.92 Å². The molecule has 2 rings (SSSR count). The third kappa shape index (κ3) is 2.12. The molecule has 0 aliphatic carbocycles. The van der Waals surface area contributed by atoms with Crippen LogP contribution in [0.4, 0.5) is 0 Å². The smallest absolute Gasteiger partial charge is 0.247 e. The molecule has 1 saturated heterocycles. The molecule has 0 spiro atoms. The van der Waals surface area contributed by atoms with Crippen LogP contribution in [0.3, 0.4) is 0 Å². The molecule has 1 fully saturated rings. The summed E-state index contributed by atoms with van der Waals surface area (Å²) >= 11 is 0. The van der Waals surface area contributed by atoms with Crippen LogP contribution in [-0.2, 0) is 18.8 Å².